The number of hydrogen-bond acceptors (Lipinski definition) is 3. The Labute approximate surface area is 103 Å². The molecule has 0 aromatic heterocycles. The van der Waals surface area contributed by atoms with Crippen LogP contribution in [0.15, 0.2) is 24.3 Å². The Morgan fingerprint density at radius 3 is 2.41 bits per heavy atom. The van der Waals surface area contributed by atoms with E-state index in [0.29, 0.717) is 0 Å². The second-order valence-electron chi connectivity index (χ2n) is 4.78. The Morgan fingerprint density at radius 2 is 1.88 bits per heavy atom. The number of rotatable bonds is 5. The average Bonchev–Trinajstić information content (AvgIpc) is 2.30. The molecule has 0 spiro atoms. The van der Waals surface area contributed by atoms with Crippen molar-refractivity contribution in [3.8, 4) is 0 Å². The van der Waals surface area contributed by atoms with Crippen LogP contribution >= 0.6 is 0 Å². The van der Waals surface area contributed by atoms with Gasteiger partial charge in [0.2, 0.25) is 0 Å². The van der Waals surface area contributed by atoms with E-state index in [2.05, 4.69) is 36.5 Å². The summed E-state index contributed by atoms with van der Waals surface area (Å²) in [5.74, 6) is -0.235. The van der Waals surface area contributed by atoms with Gasteiger partial charge in [-0.1, -0.05) is 29.8 Å². The van der Waals surface area contributed by atoms with Gasteiger partial charge in [0.05, 0.1) is 7.11 Å². The number of methoxy groups -OCH3 is 1. The number of hydrogen-bond donors (Lipinski definition) is 1. The number of benzene rings is 1. The largest absolute Gasteiger partial charge is 0.468 e. The van der Waals surface area contributed by atoms with Crippen LogP contribution in [0.25, 0.3) is 0 Å². The smallest absolute Gasteiger partial charge is 0.325 e. The van der Waals surface area contributed by atoms with E-state index in [0.717, 1.165) is 13.0 Å². The predicted molar refractivity (Wildman–Crippen MR) is 69.0 cm³/mol. The number of carbonyl (C=O) groups is 1. The maximum absolute atomic E-state index is 11.4. The van der Waals surface area contributed by atoms with Crippen LogP contribution in [0.3, 0.4) is 0 Å². The summed E-state index contributed by atoms with van der Waals surface area (Å²) in [4.78, 5) is 11.4. The second-order valence-corrected chi connectivity index (χ2v) is 4.78. The molecule has 0 fully saturated rings. The highest BCUT2D eigenvalue weighted by Gasteiger charge is 2.27. The zero-order valence-electron chi connectivity index (χ0n) is 11.0. The van der Waals surface area contributed by atoms with Crippen LogP contribution < -0.4 is 5.32 Å². The predicted octanol–water partition coefficient (Wildman–Crippen LogP) is 2.08. The maximum atomic E-state index is 11.4. The lowest BCUT2D eigenvalue weighted by atomic mass is 10.0. The minimum absolute atomic E-state index is 0.235. The molecule has 0 saturated carbocycles. The lowest BCUT2D eigenvalue weighted by molar-refractivity contribution is -0.147. The van der Waals surface area contributed by atoms with Crippen molar-refractivity contribution in [3.63, 3.8) is 0 Å². The van der Waals surface area contributed by atoms with Gasteiger partial charge in [0, 0.05) is 6.54 Å². The summed E-state index contributed by atoms with van der Waals surface area (Å²) < 4.78 is 4.73. The van der Waals surface area contributed by atoms with E-state index < -0.39 is 5.54 Å². The third kappa shape index (κ3) is 4.19. The van der Waals surface area contributed by atoms with Crippen LogP contribution in [0.5, 0.6) is 0 Å². The number of ether oxygens (including phenoxy) is 1. The Hall–Kier alpha value is -1.35. The quantitative estimate of drug-likeness (QED) is 0.794. The normalized spacial score (nSPS) is 11.3. The van der Waals surface area contributed by atoms with Gasteiger partial charge >= 0.3 is 5.97 Å². The molecule has 17 heavy (non-hydrogen) atoms. The van der Waals surface area contributed by atoms with E-state index in [-0.39, 0.29) is 5.97 Å². The zero-order chi connectivity index (χ0) is 12.9. The minimum atomic E-state index is -0.626. The fraction of sp³-hybridized carbons (Fsp3) is 0.500. The van der Waals surface area contributed by atoms with Gasteiger partial charge in [-0.15, -0.1) is 0 Å². The molecule has 1 N–H and O–H groups in total. The Morgan fingerprint density at radius 1 is 1.29 bits per heavy atom. The Bertz CT molecular complexity index is 368. The minimum Gasteiger partial charge on any atom is -0.468 e. The van der Waals surface area contributed by atoms with Crippen molar-refractivity contribution in [2.24, 2.45) is 0 Å². The van der Waals surface area contributed by atoms with Gasteiger partial charge in [0.25, 0.3) is 0 Å². The number of nitrogens with one attached hydrogen (secondary N) is 1. The number of carbonyl (C=O) groups excluding carboxylic acids is 1. The van der Waals surface area contributed by atoms with Gasteiger partial charge in [-0.3, -0.25) is 4.79 Å². The molecule has 0 aliphatic rings. The molecule has 1 aromatic carbocycles. The molecule has 0 heterocycles. The third-order valence-electron chi connectivity index (χ3n) is 2.80. The van der Waals surface area contributed by atoms with E-state index in [1.54, 1.807) is 0 Å². The van der Waals surface area contributed by atoms with Gasteiger partial charge in [0.15, 0.2) is 0 Å². The summed E-state index contributed by atoms with van der Waals surface area (Å²) in [6, 6.07) is 8.42. The van der Waals surface area contributed by atoms with Crippen molar-refractivity contribution in [2.75, 3.05) is 13.7 Å². The van der Waals surface area contributed by atoms with E-state index in [1.807, 2.05) is 13.8 Å². The van der Waals surface area contributed by atoms with Crippen LogP contribution in [-0.4, -0.2) is 25.2 Å². The molecule has 0 saturated heterocycles. The molecule has 0 amide bonds. The van der Waals surface area contributed by atoms with Gasteiger partial charge in [-0.05, 0) is 32.8 Å². The lowest BCUT2D eigenvalue weighted by Gasteiger charge is -2.23. The molecule has 1 aromatic rings. The molecule has 0 atom stereocenters. The third-order valence-corrected chi connectivity index (χ3v) is 2.80. The molecule has 0 bridgehead atoms. The molecular formula is C14H21NO2. The highest BCUT2D eigenvalue weighted by Crippen LogP contribution is 2.06. The van der Waals surface area contributed by atoms with Gasteiger partial charge in [-0.25, -0.2) is 0 Å². The lowest BCUT2D eigenvalue weighted by Crippen LogP contribution is -2.48. The van der Waals surface area contributed by atoms with E-state index >= 15 is 0 Å². The van der Waals surface area contributed by atoms with Crippen molar-refractivity contribution >= 4 is 5.97 Å². The number of aryl methyl sites for hydroxylation is 1. The first kappa shape index (κ1) is 13.7. The van der Waals surface area contributed by atoms with Crippen LogP contribution in [0.1, 0.15) is 25.0 Å². The van der Waals surface area contributed by atoms with Crippen LogP contribution in [-0.2, 0) is 16.0 Å². The summed E-state index contributed by atoms with van der Waals surface area (Å²) >= 11 is 0. The monoisotopic (exact) mass is 235 g/mol. The topological polar surface area (TPSA) is 38.3 Å². The fourth-order valence-electron chi connectivity index (χ4n) is 1.60. The highest BCUT2D eigenvalue weighted by molar-refractivity contribution is 5.79. The molecule has 0 aliphatic carbocycles. The Balaban J connectivity index is 2.42. The summed E-state index contributed by atoms with van der Waals surface area (Å²) in [5.41, 5.74) is 1.90. The first-order valence-electron chi connectivity index (χ1n) is 5.84. The second kappa shape index (κ2) is 5.82. The Kier molecular flexibility index (Phi) is 4.70. The molecular weight excluding hydrogens is 214 g/mol. The average molecular weight is 235 g/mol. The van der Waals surface area contributed by atoms with Crippen molar-refractivity contribution in [3.05, 3.63) is 35.4 Å². The molecule has 3 nitrogen and oxygen atoms in total. The SMILES string of the molecule is COC(=O)C(C)(C)NCCc1ccc(C)cc1. The summed E-state index contributed by atoms with van der Waals surface area (Å²) in [5, 5.41) is 3.20. The van der Waals surface area contributed by atoms with Crippen LogP contribution in [0, 0.1) is 6.92 Å². The van der Waals surface area contributed by atoms with Crippen molar-refractivity contribution in [1.82, 2.24) is 5.32 Å². The first-order valence-corrected chi connectivity index (χ1v) is 5.84. The summed E-state index contributed by atoms with van der Waals surface area (Å²) in [7, 11) is 1.41. The van der Waals surface area contributed by atoms with Crippen molar-refractivity contribution < 1.29 is 9.53 Å². The molecule has 0 unspecified atom stereocenters. The van der Waals surface area contributed by atoms with Gasteiger partial charge in [0.1, 0.15) is 5.54 Å². The molecule has 1 rings (SSSR count). The van der Waals surface area contributed by atoms with Crippen molar-refractivity contribution in [2.45, 2.75) is 32.7 Å². The highest BCUT2D eigenvalue weighted by atomic mass is 16.5. The maximum Gasteiger partial charge on any atom is 0.325 e. The van der Waals surface area contributed by atoms with Gasteiger partial charge < -0.3 is 10.1 Å². The summed E-state index contributed by atoms with van der Waals surface area (Å²) in [6.45, 7) is 6.48. The molecule has 3 heteroatoms. The molecule has 0 aliphatic heterocycles. The summed E-state index contributed by atoms with van der Waals surface area (Å²) in [6.07, 6.45) is 0.903. The first-order chi connectivity index (χ1) is 7.95. The standard InChI is InChI=1S/C14H21NO2/c1-11-5-7-12(8-6-11)9-10-15-14(2,3)13(16)17-4/h5-8,15H,9-10H2,1-4H3. The van der Waals surface area contributed by atoms with E-state index in [9.17, 15) is 4.79 Å². The molecule has 94 valence electrons. The molecule has 0 radical (unpaired) electrons. The number of esters is 1. The van der Waals surface area contributed by atoms with Gasteiger partial charge in [-0.2, -0.15) is 0 Å². The van der Waals surface area contributed by atoms with Crippen LogP contribution in [0.2, 0.25) is 0 Å². The van der Waals surface area contributed by atoms with Crippen molar-refractivity contribution in [1.29, 1.82) is 0 Å². The van der Waals surface area contributed by atoms with E-state index in [1.165, 1.54) is 18.2 Å². The zero-order valence-corrected chi connectivity index (χ0v) is 11.0. The van der Waals surface area contributed by atoms with Crippen LogP contribution in [0.4, 0.5) is 0 Å². The fourth-order valence-corrected chi connectivity index (χ4v) is 1.60. The van der Waals surface area contributed by atoms with E-state index in [4.69, 9.17) is 4.74 Å².